The van der Waals surface area contributed by atoms with Crippen LogP contribution in [0.2, 0.25) is 0 Å². The summed E-state index contributed by atoms with van der Waals surface area (Å²) < 4.78 is 0. The number of carboxylic acid groups (broad SMARTS) is 1. The Morgan fingerprint density at radius 3 is 1.85 bits per heavy atom. The SMILES string of the molecule is CCCCN(CCCC)C(=O)N[C@H](C(=O)O)C(C)(C)C. The van der Waals surface area contributed by atoms with Crippen molar-refractivity contribution in [2.75, 3.05) is 13.1 Å². The first kappa shape index (κ1) is 18.7. The van der Waals surface area contributed by atoms with Gasteiger partial charge < -0.3 is 15.3 Å². The molecule has 1 atom stereocenters. The second kappa shape index (κ2) is 8.82. The van der Waals surface area contributed by atoms with Gasteiger partial charge in [0.1, 0.15) is 6.04 Å². The number of hydrogen-bond acceptors (Lipinski definition) is 2. The van der Waals surface area contributed by atoms with Gasteiger partial charge in [0.25, 0.3) is 0 Å². The molecule has 20 heavy (non-hydrogen) atoms. The largest absolute Gasteiger partial charge is 0.480 e. The summed E-state index contributed by atoms with van der Waals surface area (Å²) in [7, 11) is 0. The molecular formula is C15H30N2O3. The van der Waals surface area contributed by atoms with Crippen molar-refractivity contribution in [3.05, 3.63) is 0 Å². The standard InChI is InChI=1S/C15H30N2O3/c1-6-8-10-17(11-9-7-2)14(20)16-12(13(18)19)15(3,4)5/h12H,6-11H2,1-5H3,(H,16,20)(H,18,19)/t12-/m1/s1. The van der Waals surface area contributed by atoms with Crippen molar-refractivity contribution in [2.45, 2.75) is 66.3 Å². The molecule has 0 aliphatic carbocycles. The zero-order valence-corrected chi connectivity index (χ0v) is 13.5. The quantitative estimate of drug-likeness (QED) is 0.720. The maximum atomic E-state index is 12.3. The van der Waals surface area contributed by atoms with E-state index in [0.29, 0.717) is 13.1 Å². The van der Waals surface area contributed by atoms with E-state index in [1.807, 2.05) is 20.8 Å². The van der Waals surface area contributed by atoms with Crippen molar-refractivity contribution < 1.29 is 14.7 Å². The third kappa shape index (κ3) is 6.78. The zero-order valence-electron chi connectivity index (χ0n) is 13.5. The van der Waals surface area contributed by atoms with E-state index in [1.54, 1.807) is 4.90 Å². The van der Waals surface area contributed by atoms with E-state index in [-0.39, 0.29) is 6.03 Å². The van der Waals surface area contributed by atoms with Gasteiger partial charge in [-0.3, -0.25) is 0 Å². The number of rotatable bonds is 8. The molecule has 0 aromatic heterocycles. The summed E-state index contributed by atoms with van der Waals surface area (Å²) in [5.41, 5.74) is -0.511. The lowest BCUT2D eigenvalue weighted by atomic mass is 9.87. The summed E-state index contributed by atoms with van der Waals surface area (Å²) in [6.07, 6.45) is 3.89. The molecule has 0 aliphatic heterocycles. The summed E-state index contributed by atoms with van der Waals surface area (Å²) in [6, 6.07) is -1.14. The van der Waals surface area contributed by atoms with E-state index in [2.05, 4.69) is 19.2 Å². The van der Waals surface area contributed by atoms with Gasteiger partial charge in [0, 0.05) is 13.1 Å². The highest BCUT2D eigenvalue weighted by molar-refractivity contribution is 5.83. The van der Waals surface area contributed by atoms with Crippen molar-refractivity contribution in [1.82, 2.24) is 10.2 Å². The molecule has 5 nitrogen and oxygen atoms in total. The van der Waals surface area contributed by atoms with Gasteiger partial charge in [0.2, 0.25) is 0 Å². The molecule has 0 rings (SSSR count). The van der Waals surface area contributed by atoms with Crippen LogP contribution in [0.4, 0.5) is 4.79 Å². The minimum atomic E-state index is -0.989. The minimum absolute atomic E-state index is 0.269. The maximum Gasteiger partial charge on any atom is 0.326 e. The maximum absolute atomic E-state index is 12.3. The monoisotopic (exact) mass is 286 g/mol. The molecule has 0 spiro atoms. The molecule has 0 saturated heterocycles. The second-order valence-electron chi connectivity index (χ2n) is 6.28. The molecule has 2 N–H and O–H groups in total. The van der Waals surface area contributed by atoms with E-state index in [4.69, 9.17) is 0 Å². The lowest BCUT2D eigenvalue weighted by Crippen LogP contribution is -2.53. The minimum Gasteiger partial charge on any atom is -0.480 e. The van der Waals surface area contributed by atoms with E-state index >= 15 is 0 Å². The number of nitrogens with one attached hydrogen (secondary N) is 1. The molecule has 0 aromatic rings. The van der Waals surface area contributed by atoms with Crippen LogP contribution in [-0.4, -0.2) is 41.1 Å². The van der Waals surface area contributed by atoms with E-state index in [0.717, 1.165) is 25.7 Å². The summed E-state index contributed by atoms with van der Waals surface area (Å²) in [6.45, 7) is 10.9. The molecule has 0 unspecified atom stereocenters. The topological polar surface area (TPSA) is 69.6 Å². The third-order valence-electron chi connectivity index (χ3n) is 3.23. The molecular weight excluding hydrogens is 256 g/mol. The number of urea groups is 1. The number of carbonyl (C=O) groups excluding carboxylic acids is 1. The zero-order chi connectivity index (χ0) is 15.8. The van der Waals surface area contributed by atoms with Crippen molar-refractivity contribution in [2.24, 2.45) is 5.41 Å². The molecule has 0 heterocycles. The number of unbranched alkanes of at least 4 members (excludes halogenated alkanes) is 2. The van der Waals surface area contributed by atoms with Crippen LogP contribution < -0.4 is 5.32 Å². The first-order chi connectivity index (χ1) is 9.23. The number of amides is 2. The highest BCUT2D eigenvalue weighted by Gasteiger charge is 2.33. The number of carboxylic acids is 1. The average molecular weight is 286 g/mol. The number of aliphatic carboxylic acids is 1. The Hall–Kier alpha value is -1.26. The lowest BCUT2D eigenvalue weighted by Gasteiger charge is -2.31. The van der Waals surface area contributed by atoms with Gasteiger partial charge in [-0.05, 0) is 18.3 Å². The summed E-state index contributed by atoms with van der Waals surface area (Å²) in [4.78, 5) is 25.3. The van der Waals surface area contributed by atoms with Gasteiger partial charge in [-0.2, -0.15) is 0 Å². The van der Waals surface area contributed by atoms with Crippen molar-refractivity contribution in [3.63, 3.8) is 0 Å². The Bertz CT molecular complexity index is 303. The van der Waals surface area contributed by atoms with E-state index in [9.17, 15) is 14.7 Å². The highest BCUT2D eigenvalue weighted by Crippen LogP contribution is 2.19. The molecule has 0 saturated carbocycles. The number of hydrogen-bond donors (Lipinski definition) is 2. The molecule has 0 aromatic carbocycles. The molecule has 5 heteroatoms. The fourth-order valence-electron chi connectivity index (χ4n) is 1.88. The molecule has 0 aliphatic rings. The van der Waals surface area contributed by atoms with E-state index < -0.39 is 17.4 Å². The van der Waals surface area contributed by atoms with Crippen molar-refractivity contribution >= 4 is 12.0 Å². The van der Waals surface area contributed by atoms with Crippen LogP contribution in [0.1, 0.15) is 60.3 Å². The van der Waals surface area contributed by atoms with Crippen LogP contribution in [0.25, 0.3) is 0 Å². The van der Waals surface area contributed by atoms with Crippen LogP contribution in [0.15, 0.2) is 0 Å². The Morgan fingerprint density at radius 1 is 1.10 bits per heavy atom. The van der Waals surface area contributed by atoms with Gasteiger partial charge in [0.05, 0.1) is 0 Å². The first-order valence-electron chi connectivity index (χ1n) is 7.52. The van der Waals surface area contributed by atoms with Gasteiger partial charge in [-0.25, -0.2) is 9.59 Å². The third-order valence-corrected chi connectivity index (χ3v) is 3.23. The smallest absolute Gasteiger partial charge is 0.326 e. The predicted octanol–water partition coefficient (Wildman–Crippen LogP) is 3.10. The predicted molar refractivity (Wildman–Crippen MR) is 80.8 cm³/mol. The Morgan fingerprint density at radius 2 is 1.55 bits per heavy atom. The van der Waals surface area contributed by atoms with Crippen LogP contribution >= 0.6 is 0 Å². The van der Waals surface area contributed by atoms with Crippen LogP contribution in [0.3, 0.4) is 0 Å². The normalized spacial score (nSPS) is 12.8. The first-order valence-corrected chi connectivity index (χ1v) is 7.52. The van der Waals surface area contributed by atoms with Crippen LogP contribution in [0.5, 0.6) is 0 Å². The summed E-state index contributed by atoms with van der Waals surface area (Å²) in [5.74, 6) is -0.989. The van der Waals surface area contributed by atoms with Gasteiger partial charge in [-0.1, -0.05) is 47.5 Å². The van der Waals surface area contributed by atoms with Gasteiger partial charge in [-0.15, -0.1) is 0 Å². The molecule has 0 radical (unpaired) electrons. The van der Waals surface area contributed by atoms with Crippen LogP contribution in [0, 0.1) is 5.41 Å². The summed E-state index contributed by atoms with van der Waals surface area (Å²) in [5, 5.41) is 11.9. The van der Waals surface area contributed by atoms with Crippen LogP contribution in [-0.2, 0) is 4.79 Å². The van der Waals surface area contributed by atoms with E-state index in [1.165, 1.54) is 0 Å². The number of nitrogens with zero attached hydrogens (tertiary/aromatic N) is 1. The Kier molecular flexibility index (Phi) is 8.26. The van der Waals surface area contributed by atoms with Gasteiger partial charge >= 0.3 is 12.0 Å². The average Bonchev–Trinajstić information content (AvgIpc) is 2.34. The van der Waals surface area contributed by atoms with Crippen molar-refractivity contribution in [1.29, 1.82) is 0 Å². The fourth-order valence-corrected chi connectivity index (χ4v) is 1.88. The highest BCUT2D eigenvalue weighted by atomic mass is 16.4. The lowest BCUT2D eigenvalue weighted by molar-refractivity contribution is -0.142. The summed E-state index contributed by atoms with van der Waals surface area (Å²) >= 11 is 0. The number of carbonyl (C=O) groups is 2. The molecule has 2 amide bonds. The second-order valence-corrected chi connectivity index (χ2v) is 6.28. The van der Waals surface area contributed by atoms with Crippen molar-refractivity contribution in [3.8, 4) is 0 Å². The van der Waals surface area contributed by atoms with Gasteiger partial charge in [0.15, 0.2) is 0 Å². The fraction of sp³-hybridized carbons (Fsp3) is 0.867. The Labute approximate surface area is 122 Å². The Balaban J connectivity index is 4.73. The molecule has 0 fully saturated rings. The molecule has 0 bridgehead atoms. The molecule has 118 valence electrons.